The smallest absolute Gasteiger partial charge is 0.416 e. The average molecular weight is 347 g/mol. The number of carbonyl (C=O) groups excluding carboxylic acids is 1. The third-order valence-corrected chi connectivity index (χ3v) is 2.95. The van der Waals surface area contributed by atoms with Crippen molar-refractivity contribution in [2.24, 2.45) is 4.99 Å². The first-order valence-electron chi connectivity index (χ1n) is 6.25. The van der Waals surface area contributed by atoms with Crippen LogP contribution in [0.4, 0.5) is 32.0 Å². The summed E-state index contributed by atoms with van der Waals surface area (Å²) in [5.41, 5.74) is -1.94. The van der Waals surface area contributed by atoms with Crippen LogP contribution in [0.15, 0.2) is 29.3 Å². The van der Waals surface area contributed by atoms with Gasteiger partial charge < -0.3 is 4.74 Å². The minimum Gasteiger partial charge on any atom is -0.451 e. The van der Waals surface area contributed by atoms with Crippen LogP contribution < -0.4 is 4.74 Å². The molecule has 0 amide bonds. The predicted octanol–water partition coefficient (Wildman–Crippen LogP) is 5.19. The zero-order chi connectivity index (χ0) is 18.1. The Morgan fingerprint density at radius 3 is 2.08 bits per heavy atom. The van der Waals surface area contributed by atoms with E-state index in [1.807, 2.05) is 0 Å². The van der Waals surface area contributed by atoms with Crippen molar-refractivity contribution in [3.8, 4) is 11.5 Å². The molecule has 0 spiro atoms. The maximum Gasteiger partial charge on any atom is 0.416 e. The summed E-state index contributed by atoms with van der Waals surface area (Å²) in [6.45, 7) is 1.33. The van der Waals surface area contributed by atoms with Crippen molar-refractivity contribution < 1.29 is 35.9 Å². The van der Waals surface area contributed by atoms with Gasteiger partial charge in [-0.3, -0.25) is 0 Å². The number of hydrogen-bond donors (Lipinski definition) is 0. The number of aliphatic imine (C=N–C) groups is 1. The molecule has 0 N–H and O–H groups in total. The summed E-state index contributed by atoms with van der Waals surface area (Å²) in [6, 6.07) is 1.89. The first-order chi connectivity index (χ1) is 11.1. The number of isocyanates is 1. The fraction of sp³-hybridized carbons (Fsp3) is 0.133. The highest BCUT2D eigenvalue weighted by molar-refractivity contribution is 5.55. The van der Waals surface area contributed by atoms with Gasteiger partial charge in [-0.2, -0.15) is 18.2 Å². The Morgan fingerprint density at radius 2 is 1.58 bits per heavy atom. The number of ether oxygens (including phenoxy) is 1. The molecule has 0 heterocycles. The molecule has 0 unspecified atom stereocenters. The predicted molar refractivity (Wildman–Crippen MR) is 70.4 cm³/mol. The summed E-state index contributed by atoms with van der Waals surface area (Å²) in [6.07, 6.45) is -3.84. The summed E-state index contributed by atoms with van der Waals surface area (Å²) in [7, 11) is 0. The number of benzene rings is 2. The molecule has 126 valence electrons. The van der Waals surface area contributed by atoms with Crippen molar-refractivity contribution in [2.75, 3.05) is 0 Å². The summed E-state index contributed by atoms with van der Waals surface area (Å²) in [5.74, 6) is -5.48. The lowest BCUT2D eigenvalue weighted by atomic mass is 10.1. The van der Waals surface area contributed by atoms with Gasteiger partial charge in [0.25, 0.3) is 0 Å². The number of rotatable bonds is 3. The van der Waals surface area contributed by atoms with Crippen molar-refractivity contribution in [1.29, 1.82) is 0 Å². The molecule has 0 radical (unpaired) electrons. The molecule has 3 nitrogen and oxygen atoms in total. The van der Waals surface area contributed by atoms with Gasteiger partial charge >= 0.3 is 6.18 Å². The van der Waals surface area contributed by atoms with Crippen molar-refractivity contribution >= 4 is 11.8 Å². The third-order valence-electron chi connectivity index (χ3n) is 2.95. The monoisotopic (exact) mass is 347 g/mol. The number of aryl methyl sites for hydroxylation is 1. The minimum absolute atomic E-state index is 0.0712. The molecular weight excluding hydrogens is 340 g/mol. The van der Waals surface area contributed by atoms with E-state index in [1.165, 1.54) is 6.92 Å². The lowest BCUT2D eigenvalue weighted by molar-refractivity contribution is -0.138. The first kappa shape index (κ1) is 17.6. The molecule has 0 saturated heterocycles. The van der Waals surface area contributed by atoms with E-state index in [0.29, 0.717) is 0 Å². The molecule has 0 bridgehead atoms. The molecule has 0 fully saturated rings. The van der Waals surface area contributed by atoms with E-state index in [2.05, 4.69) is 4.99 Å². The van der Waals surface area contributed by atoms with Crippen LogP contribution in [-0.2, 0) is 11.0 Å². The molecule has 0 atom stereocenters. The van der Waals surface area contributed by atoms with E-state index in [4.69, 9.17) is 4.74 Å². The van der Waals surface area contributed by atoms with E-state index in [-0.39, 0.29) is 23.4 Å². The molecule has 2 aromatic rings. The van der Waals surface area contributed by atoms with Crippen molar-refractivity contribution in [1.82, 2.24) is 0 Å². The van der Waals surface area contributed by atoms with E-state index in [1.54, 1.807) is 0 Å². The second-order valence-electron chi connectivity index (χ2n) is 4.64. The van der Waals surface area contributed by atoms with Crippen LogP contribution in [0.5, 0.6) is 11.5 Å². The van der Waals surface area contributed by atoms with E-state index >= 15 is 0 Å². The van der Waals surface area contributed by atoms with Crippen molar-refractivity contribution in [2.45, 2.75) is 13.1 Å². The van der Waals surface area contributed by atoms with Crippen molar-refractivity contribution in [3.63, 3.8) is 0 Å². The highest BCUT2D eigenvalue weighted by atomic mass is 19.4. The highest BCUT2D eigenvalue weighted by Gasteiger charge is 2.33. The Kier molecular flexibility index (Phi) is 4.66. The summed E-state index contributed by atoms with van der Waals surface area (Å²) < 4.78 is 83.4. The molecule has 0 saturated carbocycles. The topological polar surface area (TPSA) is 38.7 Å². The Bertz CT molecular complexity index is 818. The zero-order valence-electron chi connectivity index (χ0n) is 11.8. The summed E-state index contributed by atoms with van der Waals surface area (Å²) >= 11 is 0. The molecule has 2 aromatic carbocycles. The molecule has 0 aromatic heterocycles. The number of halogens is 6. The van der Waals surface area contributed by atoms with Crippen LogP contribution in [0.25, 0.3) is 0 Å². The van der Waals surface area contributed by atoms with Gasteiger partial charge in [0.1, 0.15) is 17.3 Å². The van der Waals surface area contributed by atoms with Gasteiger partial charge in [-0.15, -0.1) is 0 Å². The Hall–Kier alpha value is -2.80. The molecular formula is C15H7F6NO2. The van der Waals surface area contributed by atoms with Gasteiger partial charge in [-0.05, 0) is 30.7 Å². The van der Waals surface area contributed by atoms with Gasteiger partial charge in [0.05, 0.1) is 5.56 Å². The van der Waals surface area contributed by atoms with Gasteiger partial charge in [-0.1, -0.05) is 0 Å². The van der Waals surface area contributed by atoms with E-state index in [0.717, 1.165) is 18.2 Å². The maximum atomic E-state index is 13.8. The fourth-order valence-corrected chi connectivity index (χ4v) is 1.82. The van der Waals surface area contributed by atoms with Crippen LogP contribution >= 0.6 is 0 Å². The summed E-state index contributed by atoms with van der Waals surface area (Å²) in [4.78, 5) is 13.2. The van der Waals surface area contributed by atoms with Gasteiger partial charge in [0, 0.05) is 6.07 Å². The van der Waals surface area contributed by atoms with Crippen LogP contribution in [0.3, 0.4) is 0 Å². The molecule has 2 rings (SSSR count). The van der Waals surface area contributed by atoms with Gasteiger partial charge in [0.2, 0.25) is 6.08 Å². The quantitative estimate of drug-likeness (QED) is 0.435. The first-order valence-corrected chi connectivity index (χ1v) is 6.25. The minimum atomic E-state index is -4.93. The zero-order valence-corrected chi connectivity index (χ0v) is 11.8. The van der Waals surface area contributed by atoms with E-state index < -0.39 is 40.6 Å². The van der Waals surface area contributed by atoms with Crippen LogP contribution in [-0.4, -0.2) is 6.08 Å². The fourth-order valence-electron chi connectivity index (χ4n) is 1.82. The lowest BCUT2D eigenvalue weighted by Crippen LogP contribution is -2.07. The Labute approximate surface area is 131 Å². The Balaban J connectivity index is 2.49. The molecule has 24 heavy (non-hydrogen) atoms. The van der Waals surface area contributed by atoms with Crippen LogP contribution in [0.2, 0.25) is 0 Å². The maximum absolute atomic E-state index is 13.8. The highest BCUT2D eigenvalue weighted by Crippen LogP contribution is 2.37. The molecule has 0 aliphatic rings. The largest absolute Gasteiger partial charge is 0.451 e. The number of alkyl halides is 3. The number of hydrogen-bond acceptors (Lipinski definition) is 3. The standard InChI is InChI=1S/C15H7F6NO2/c1-7-2-9(16)12(22-6-23)5-13(7)24-14-10(17)3-8(4-11(14)18)15(19,20)21/h2-5H,1H3. The lowest BCUT2D eigenvalue weighted by Gasteiger charge is -2.13. The van der Waals surface area contributed by atoms with Gasteiger partial charge in [0.15, 0.2) is 17.4 Å². The van der Waals surface area contributed by atoms with Crippen molar-refractivity contribution in [3.05, 3.63) is 52.8 Å². The third kappa shape index (κ3) is 3.57. The van der Waals surface area contributed by atoms with Crippen LogP contribution in [0, 0.1) is 24.4 Å². The average Bonchev–Trinajstić information content (AvgIpc) is 2.46. The Morgan fingerprint density at radius 1 is 1.00 bits per heavy atom. The summed E-state index contributed by atoms with van der Waals surface area (Å²) in [5, 5.41) is 0. The molecule has 0 aliphatic heterocycles. The second kappa shape index (κ2) is 6.37. The normalized spacial score (nSPS) is 11.1. The number of nitrogens with zero attached hydrogens (tertiary/aromatic N) is 1. The van der Waals surface area contributed by atoms with Crippen LogP contribution in [0.1, 0.15) is 11.1 Å². The molecule has 9 heteroatoms. The SMILES string of the molecule is Cc1cc(F)c(N=C=O)cc1Oc1c(F)cc(C(F)(F)F)cc1F. The van der Waals surface area contributed by atoms with Gasteiger partial charge in [-0.25, -0.2) is 18.0 Å². The molecule has 0 aliphatic carbocycles. The van der Waals surface area contributed by atoms with E-state index in [9.17, 15) is 31.1 Å². The second-order valence-corrected chi connectivity index (χ2v) is 4.64.